The number of benzene rings is 2. The number of piperidine rings is 1. The molecule has 3 aromatic rings. The normalized spacial score (nSPS) is 20.8. The van der Waals surface area contributed by atoms with Crippen LogP contribution in [0, 0.1) is 17.8 Å². The van der Waals surface area contributed by atoms with Gasteiger partial charge in [0.1, 0.15) is 0 Å². The van der Waals surface area contributed by atoms with Gasteiger partial charge in [0.05, 0.1) is 12.0 Å². The topological polar surface area (TPSA) is 124 Å². The van der Waals surface area contributed by atoms with Crippen LogP contribution in [-0.2, 0) is 17.8 Å². The van der Waals surface area contributed by atoms with Crippen LogP contribution in [0.15, 0.2) is 59.7 Å². The van der Waals surface area contributed by atoms with Gasteiger partial charge in [-0.05, 0) is 60.6 Å². The van der Waals surface area contributed by atoms with Crippen molar-refractivity contribution in [3.8, 4) is 17.6 Å². The lowest BCUT2D eigenvalue weighted by Crippen LogP contribution is -2.40. The molecule has 9 heteroatoms. The van der Waals surface area contributed by atoms with E-state index in [1.165, 1.54) is 18.3 Å². The molecule has 1 unspecified atom stereocenters. The largest absolute Gasteiger partial charge is 0.502 e. The number of hydrogen-bond acceptors (Lipinski definition) is 6. The monoisotopic (exact) mass is 529 g/mol. The Morgan fingerprint density at radius 2 is 1.79 bits per heavy atom. The zero-order valence-electron chi connectivity index (χ0n) is 21.6. The van der Waals surface area contributed by atoms with Gasteiger partial charge in [-0.15, -0.1) is 0 Å². The highest BCUT2D eigenvalue weighted by Gasteiger charge is 2.42. The van der Waals surface area contributed by atoms with Crippen LogP contribution in [-0.4, -0.2) is 57.7 Å². The minimum Gasteiger partial charge on any atom is -0.502 e. The standard InChI is InChI=1S/C30H32FN5O3/c31-14-27(37)33-15-23(28-29(38)30(39)35-18-34-28)11-21-7-3-19(4-8-21)1-2-20-5-9-22(10-6-20)16-36-17-24-12-25(36)13-26(24)32/h3-10,18,23-26,38H,11-17,32H2,(H,33,37)(H,34,35,39)/t23?,24-,25-,26+/m1/s1. The summed E-state index contributed by atoms with van der Waals surface area (Å²) in [6.07, 6.45) is 3.90. The van der Waals surface area contributed by atoms with Crippen molar-refractivity contribution < 1.29 is 14.3 Å². The van der Waals surface area contributed by atoms with Crippen LogP contribution in [0.3, 0.4) is 0 Å². The first-order valence-electron chi connectivity index (χ1n) is 13.2. The van der Waals surface area contributed by atoms with E-state index in [1.54, 1.807) is 0 Å². The third kappa shape index (κ3) is 6.36. The molecule has 2 fully saturated rings. The minimum absolute atomic E-state index is 0.0247. The fraction of sp³-hybridized carbons (Fsp3) is 0.367. The number of fused-ring (bicyclic) bond motifs is 2. The lowest BCUT2D eigenvalue weighted by molar-refractivity contribution is -0.122. The van der Waals surface area contributed by atoms with Crippen LogP contribution in [0.5, 0.6) is 5.75 Å². The first-order valence-corrected chi connectivity index (χ1v) is 13.2. The highest BCUT2D eigenvalue weighted by molar-refractivity contribution is 5.77. The van der Waals surface area contributed by atoms with Crippen LogP contribution in [0.4, 0.5) is 4.39 Å². The number of alkyl halides is 1. The van der Waals surface area contributed by atoms with E-state index in [9.17, 15) is 19.1 Å². The maximum absolute atomic E-state index is 12.6. The Labute approximate surface area is 226 Å². The van der Waals surface area contributed by atoms with Crippen molar-refractivity contribution in [2.45, 2.75) is 43.8 Å². The van der Waals surface area contributed by atoms with Gasteiger partial charge < -0.3 is 21.1 Å². The van der Waals surface area contributed by atoms with Crippen LogP contribution >= 0.6 is 0 Å². The van der Waals surface area contributed by atoms with Crippen LogP contribution < -0.4 is 16.6 Å². The number of aromatic amines is 1. The molecule has 39 heavy (non-hydrogen) atoms. The highest BCUT2D eigenvalue weighted by Crippen LogP contribution is 2.37. The maximum Gasteiger partial charge on any atom is 0.293 e. The zero-order valence-corrected chi connectivity index (χ0v) is 21.6. The van der Waals surface area contributed by atoms with Crippen molar-refractivity contribution in [1.29, 1.82) is 0 Å². The zero-order chi connectivity index (χ0) is 27.4. The first-order chi connectivity index (χ1) is 18.9. The highest BCUT2D eigenvalue weighted by atomic mass is 19.1. The Bertz CT molecular complexity index is 1430. The number of rotatable bonds is 8. The third-order valence-corrected chi connectivity index (χ3v) is 7.75. The van der Waals surface area contributed by atoms with Gasteiger partial charge >= 0.3 is 0 Å². The summed E-state index contributed by atoms with van der Waals surface area (Å²) in [6, 6.07) is 17.0. The molecule has 1 aliphatic carbocycles. The number of likely N-dealkylation sites (tertiary alicyclic amines) is 1. The average Bonchev–Trinajstić information content (AvgIpc) is 3.52. The quantitative estimate of drug-likeness (QED) is 0.332. The molecule has 0 radical (unpaired) electrons. The number of halogens is 1. The van der Waals surface area contributed by atoms with Gasteiger partial charge in [-0.1, -0.05) is 36.1 Å². The van der Waals surface area contributed by atoms with Crippen molar-refractivity contribution in [2.24, 2.45) is 11.7 Å². The summed E-state index contributed by atoms with van der Waals surface area (Å²) in [5, 5.41) is 12.7. The van der Waals surface area contributed by atoms with Crippen LogP contribution in [0.25, 0.3) is 0 Å². The van der Waals surface area contributed by atoms with E-state index in [4.69, 9.17) is 5.73 Å². The number of amides is 1. The predicted octanol–water partition coefficient (Wildman–Crippen LogP) is 2.21. The van der Waals surface area contributed by atoms with E-state index in [-0.39, 0.29) is 12.2 Å². The number of aromatic hydroxyl groups is 1. The Morgan fingerprint density at radius 1 is 1.13 bits per heavy atom. The number of nitrogens with zero attached hydrogens (tertiary/aromatic N) is 2. The van der Waals surface area contributed by atoms with E-state index < -0.39 is 29.8 Å². The summed E-state index contributed by atoms with van der Waals surface area (Å²) in [4.78, 5) is 32.2. The summed E-state index contributed by atoms with van der Waals surface area (Å²) in [5.74, 6) is 5.24. The van der Waals surface area contributed by atoms with E-state index in [0.717, 1.165) is 36.2 Å². The SMILES string of the molecule is N[C@H]1C[C@H]2C[C@@H]1CN2Cc1ccc(C#Cc2ccc(CC(CNC(=O)CF)c3nc[nH]c(=O)c3O)cc2)cc1. The molecule has 1 amide bonds. The fourth-order valence-corrected chi connectivity index (χ4v) is 5.61. The molecule has 5 rings (SSSR count). The lowest BCUT2D eigenvalue weighted by Gasteiger charge is -2.29. The molecule has 202 valence electrons. The molecule has 1 saturated heterocycles. The Balaban J connectivity index is 1.21. The van der Waals surface area contributed by atoms with Crippen molar-refractivity contribution >= 4 is 5.91 Å². The maximum atomic E-state index is 12.6. The van der Waals surface area contributed by atoms with Crippen molar-refractivity contribution in [3.63, 3.8) is 0 Å². The molecule has 2 bridgehead atoms. The third-order valence-electron chi connectivity index (χ3n) is 7.75. The van der Waals surface area contributed by atoms with E-state index >= 15 is 0 Å². The number of H-pyrrole nitrogens is 1. The van der Waals surface area contributed by atoms with Gasteiger partial charge in [0.25, 0.3) is 11.5 Å². The number of carbonyl (C=O) groups excluding carboxylic acids is 1. The number of carbonyl (C=O) groups is 1. The van der Waals surface area contributed by atoms with Gasteiger partial charge in [-0.2, -0.15) is 0 Å². The molecule has 1 aliphatic heterocycles. The van der Waals surface area contributed by atoms with E-state index in [0.29, 0.717) is 24.4 Å². The molecule has 2 aliphatic rings. The second-order valence-corrected chi connectivity index (χ2v) is 10.4. The fourth-order valence-electron chi connectivity index (χ4n) is 5.61. The smallest absolute Gasteiger partial charge is 0.293 e. The Morgan fingerprint density at radius 3 is 2.38 bits per heavy atom. The van der Waals surface area contributed by atoms with Crippen molar-refractivity contribution in [1.82, 2.24) is 20.2 Å². The molecule has 4 atom stereocenters. The van der Waals surface area contributed by atoms with Crippen molar-refractivity contribution in [3.05, 3.63) is 93.2 Å². The molecule has 8 nitrogen and oxygen atoms in total. The molecule has 0 spiro atoms. The molecular formula is C30H32FN5O3. The summed E-state index contributed by atoms with van der Waals surface area (Å²) in [6.45, 7) is 0.923. The Hall–Kier alpha value is -4.00. The van der Waals surface area contributed by atoms with Gasteiger partial charge in [-0.25, -0.2) is 9.37 Å². The molecular weight excluding hydrogens is 497 g/mol. The summed E-state index contributed by atoms with van der Waals surface area (Å²) >= 11 is 0. The summed E-state index contributed by atoms with van der Waals surface area (Å²) in [5.41, 5.74) is 9.60. The minimum atomic E-state index is -1.15. The van der Waals surface area contributed by atoms with Crippen LogP contribution in [0.1, 0.15) is 46.7 Å². The number of hydrogen-bond donors (Lipinski definition) is 4. The predicted molar refractivity (Wildman–Crippen MR) is 146 cm³/mol. The first kappa shape index (κ1) is 26.6. The van der Waals surface area contributed by atoms with Crippen molar-refractivity contribution in [2.75, 3.05) is 19.8 Å². The molecule has 2 heterocycles. The van der Waals surface area contributed by atoms with Gasteiger partial charge in [0.2, 0.25) is 5.75 Å². The number of aromatic nitrogens is 2. The van der Waals surface area contributed by atoms with Gasteiger partial charge in [0, 0.05) is 48.8 Å². The summed E-state index contributed by atoms with van der Waals surface area (Å²) in [7, 11) is 0. The Kier molecular flexibility index (Phi) is 8.05. The van der Waals surface area contributed by atoms with Gasteiger partial charge in [0.15, 0.2) is 6.67 Å². The second-order valence-electron chi connectivity index (χ2n) is 10.4. The van der Waals surface area contributed by atoms with E-state index in [1.807, 2.05) is 36.4 Å². The number of nitrogens with two attached hydrogens (primary N) is 1. The molecule has 2 aromatic carbocycles. The van der Waals surface area contributed by atoms with E-state index in [2.05, 4.69) is 44.2 Å². The molecule has 1 saturated carbocycles. The van der Waals surface area contributed by atoms with Gasteiger partial charge in [-0.3, -0.25) is 14.5 Å². The average molecular weight is 530 g/mol. The second kappa shape index (κ2) is 11.8. The number of nitrogens with one attached hydrogen (secondary N) is 2. The molecule has 5 N–H and O–H groups in total. The van der Waals surface area contributed by atoms with Crippen LogP contribution in [0.2, 0.25) is 0 Å². The summed E-state index contributed by atoms with van der Waals surface area (Å²) < 4.78 is 12.6. The lowest BCUT2D eigenvalue weighted by atomic mass is 9.94. The molecule has 1 aromatic heterocycles.